The first kappa shape index (κ1) is 18.1. The molecule has 2 aromatic carbocycles. The monoisotopic (exact) mass is 341 g/mol. The number of rotatable bonds is 6. The highest BCUT2D eigenvalue weighted by atomic mass is 16.5. The third-order valence-corrected chi connectivity index (χ3v) is 3.42. The van der Waals surface area contributed by atoms with Gasteiger partial charge in [0.2, 0.25) is 0 Å². The Labute approximate surface area is 146 Å². The van der Waals surface area contributed by atoms with Crippen molar-refractivity contribution < 1.29 is 24.1 Å². The van der Waals surface area contributed by atoms with Gasteiger partial charge in [0, 0.05) is 12.3 Å². The van der Waals surface area contributed by atoms with Gasteiger partial charge in [0.1, 0.15) is 22.8 Å². The Bertz CT molecular complexity index is 797. The third kappa shape index (κ3) is 4.38. The van der Waals surface area contributed by atoms with Crippen molar-refractivity contribution in [3.8, 4) is 11.5 Å². The zero-order chi connectivity index (χ0) is 18.2. The highest BCUT2D eigenvalue weighted by molar-refractivity contribution is 6.15. The predicted octanol–water partition coefficient (Wildman–Crippen LogP) is 3.55. The number of aliphatic imine (C=N–C) groups is 1. The highest BCUT2D eigenvalue weighted by Crippen LogP contribution is 2.30. The lowest BCUT2D eigenvalue weighted by atomic mass is 10.1. The lowest BCUT2D eigenvalue weighted by Gasteiger charge is -2.11. The fourth-order valence-corrected chi connectivity index (χ4v) is 2.11. The number of ether oxygens (including phenoxy) is 3. The van der Waals surface area contributed by atoms with Gasteiger partial charge in [0.05, 0.1) is 32.6 Å². The van der Waals surface area contributed by atoms with Crippen LogP contribution in [0, 0.1) is 0 Å². The molecule has 0 saturated carbocycles. The van der Waals surface area contributed by atoms with Gasteiger partial charge in [-0.2, -0.15) is 0 Å². The van der Waals surface area contributed by atoms with E-state index in [1.165, 1.54) is 27.5 Å². The Morgan fingerprint density at radius 1 is 1.04 bits per heavy atom. The van der Waals surface area contributed by atoms with Crippen molar-refractivity contribution >= 4 is 23.6 Å². The molecule has 2 aromatic rings. The fourth-order valence-electron chi connectivity index (χ4n) is 2.11. The predicted molar refractivity (Wildman–Crippen MR) is 95.7 cm³/mol. The van der Waals surface area contributed by atoms with Gasteiger partial charge >= 0.3 is 5.97 Å². The quantitative estimate of drug-likeness (QED) is 0.376. The van der Waals surface area contributed by atoms with E-state index in [0.29, 0.717) is 22.7 Å². The van der Waals surface area contributed by atoms with E-state index in [1.807, 2.05) is 18.2 Å². The van der Waals surface area contributed by atoms with Gasteiger partial charge in [-0.25, -0.2) is 4.79 Å². The maximum atomic E-state index is 12.1. The molecular formula is C19H19NO5. The number of nitrogens with zero attached hydrogens (tertiary/aromatic N) is 1. The molecule has 0 aliphatic heterocycles. The maximum absolute atomic E-state index is 12.1. The summed E-state index contributed by atoms with van der Waals surface area (Å²) >= 11 is 0. The molecule has 25 heavy (non-hydrogen) atoms. The molecule has 0 heterocycles. The number of carbonyl (C=O) groups is 1. The average Bonchev–Trinajstić information content (AvgIpc) is 2.67. The zero-order valence-electron chi connectivity index (χ0n) is 14.2. The Morgan fingerprint density at radius 3 is 2.36 bits per heavy atom. The molecule has 0 aliphatic rings. The highest BCUT2D eigenvalue weighted by Gasteiger charge is 2.19. The number of para-hydroxylation sites is 1. The zero-order valence-corrected chi connectivity index (χ0v) is 14.2. The molecule has 0 saturated heterocycles. The van der Waals surface area contributed by atoms with Gasteiger partial charge in [-0.3, -0.25) is 4.99 Å². The molecule has 6 nitrogen and oxygen atoms in total. The molecule has 0 unspecified atom stereocenters. The normalized spacial score (nSPS) is 11.8. The molecule has 0 bridgehead atoms. The SMILES string of the molecule is COC(=O)/C(C=Nc1ccccc1)=C(\O)c1ccc(OC)cc1OC. The second kappa shape index (κ2) is 8.54. The van der Waals surface area contributed by atoms with Crippen molar-refractivity contribution in [1.29, 1.82) is 0 Å². The summed E-state index contributed by atoms with van der Waals surface area (Å²) in [4.78, 5) is 16.3. The van der Waals surface area contributed by atoms with Gasteiger partial charge in [-0.05, 0) is 24.3 Å². The van der Waals surface area contributed by atoms with Gasteiger partial charge < -0.3 is 19.3 Å². The number of methoxy groups -OCH3 is 3. The number of esters is 1. The molecule has 0 fully saturated rings. The lowest BCUT2D eigenvalue weighted by molar-refractivity contribution is -0.135. The van der Waals surface area contributed by atoms with Crippen LogP contribution in [0.15, 0.2) is 59.1 Å². The molecule has 0 spiro atoms. The number of aliphatic hydroxyl groups is 1. The van der Waals surface area contributed by atoms with Gasteiger partial charge in [-0.15, -0.1) is 0 Å². The van der Waals surface area contributed by atoms with E-state index in [1.54, 1.807) is 30.3 Å². The van der Waals surface area contributed by atoms with E-state index in [2.05, 4.69) is 4.99 Å². The summed E-state index contributed by atoms with van der Waals surface area (Å²) in [7, 11) is 4.22. The van der Waals surface area contributed by atoms with Crippen molar-refractivity contribution in [3.05, 3.63) is 59.7 Å². The molecule has 130 valence electrons. The summed E-state index contributed by atoms with van der Waals surface area (Å²) in [6, 6.07) is 13.9. The maximum Gasteiger partial charge on any atom is 0.343 e. The molecule has 0 aromatic heterocycles. The third-order valence-electron chi connectivity index (χ3n) is 3.42. The number of aliphatic hydroxyl groups excluding tert-OH is 1. The van der Waals surface area contributed by atoms with Gasteiger partial charge in [0.15, 0.2) is 0 Å². The van der Waals surface area contributed by atoms with Crippen LogP contribution in [0.4, 0.5) is 5.69 Å². The van der Waals surface area contributed by atoms with E-state index >= 15 is 0 Å². The molecule has 2 rings (SSSR count). The first-order valence-electron chi connectivity index (χ1n) is 7.43. The first-order chi connectivity index (χ1) is 12.1. The second-order valence-corrected chi connectivity index (χ2v) is 4.91. The fraction of sp³-hybridized carbons (Fsp3) is 0.158. The van der Waals surface area contributed by atoms with E-state index in [9.17, 15) is 9.90 Å². The van der Waals surface area contributed by atoms with Crippen molar-refractivity contribution in [2.75, 3.05) is 21.3 Å². The van der Waals surface area contributed by atoms with Crippen LogP contribution in [0.5, 0.6) is 11.5 Å². The molecule has 0 radical (unpaired) electrons. The average molecular weight is 341 g/mol. The van der Waals surface area contributed by atoms with E-state index in [4.69, 9.17) is 14.2 Å². The van der Waals surface area contributed by atoms with Crippen LogP contribution in [0.3, 0.4) is 0 Å². The Kier molecular flexibility index (Phi) is 6.17. The topological polar surface area (TPSA) is 77.4 Å². The van der Waals surface area contributed by atoms with Crippen molar-refractivity contribution in [2.45, 2.75) is 0 Å². The largest absolute Gasteiger partial charge is 0.506 e. The van der Waals surface area contributed by atoms with Gasteiger partial charge in [-0.1, -0.05) is 18.2 Å². The molecular weight excluding hydrogens is 322 g/mol. The van der Waals surface area contributed by atoms with E-state index in [-0.39, 0.29) is 11.3 Å². The summed E-state index contributed by atoms with van der Waals surface area (Å²) in [6.45, 7) is 0. The summed E-state index contributed by atoms with van der Waals surface area (Å²) in [5.41, 5.74) is 0.872. The van der Waals surface area contributed by atoms with Crippen LogP contribution < -0.4 is 9.47 Å². The molecule has 0 amide bonds. The van der Waals surface area contributed by atoms with Gasteiger partial charge in [0.25, 0.3) is 0 Å². The van der Waals surface area contributed by atoms with Crippen LogP contribution in [-0.4, -0.2) is 38.6 Å². The van der Waals surface area contributed by atoms with Crippen LogP contribution >= 0.6 is 0 Å². The molecule has 1 N–H and O–H groups in total. The van der Waals surface area contributed by atoms with Crippen LogP contribution in [0.2, 0.25) is 0 Å². The minimum Gasteiger partial charge on any atom is -0.506 e. The van der Waals surface area contributed by atoms with Crippen LogP contribution in [0.1, 0.15) is 5.56 Å². The summed E-state index contributed by atoms with van der Waals surface area (Å²) in [5.74, 6) is -0.0987. The lowest BCUT2D eigenvalue weighted by Crippen LogP contribution is -2.09. The smallest absolute Gasteiger partial charge is 0.343 e. The molecule has 0 atom stereocenters. The van der Waals surface area contributed by atoms with Crippen molar-refractivity contribution in [3.63, 3.8) is 0 Å². The Hall–Kier alpha value is -3.28. The van der Waals surface area contributed by atoms with Crippen molar-refractivity contribution in [1.82, 2.24) is 0 Å². The number of hydrogen-bond donors (Lipinski definition) is 1. The molecule has 6 heteroatoms. The van der Waals surface area contributed by atoms with E-state index < -0.39 is 5.97 Å². The van der Waals surface area contributed by atoms with E-state index in [0.717, 1.165) is 0 Å². The minimum atomic E-state index is -0.713. The number of benzene rings is 2. The summed E-state index contributed by atoms with van der Waals surface area (Å²) in [5, 5.41) is 10.6. The Morgan fingerprint density at radius 2 is 1.76 bits per heavy atom. The standard InChI is InChI=1S/C19H19NO5/c1-23-14-9-10-15(17(11-14)24-2)18(21)16(19(22)25-3)12-20-13-7-5-4-6-8-13/h4-12,21H,1-3H3/b18-16-,20-12?. The Balaban J connectivity index is 2.51. The number of hydrogen-bond acceptors (Lipinski definition) is 6. The second-order valence-electron chi connectivity index (χ2n) is 4.91. The van der Waals surface area contributed by atoms with Crippen molar-refractivity contribution in [2.24, 2.45) is 4.99 Å². The summed E-state index contributed by atoms with van der Waals surface area (Å²) in [6.07, 6.45) is 1.26. The van der Waals surface area contributed by atoms with Crippen LogP contribution in [0.25, 0.3) is 5.76 Å². The first-order valence-corrected chi connectivity index (χ1v) is 7.43. The number of carbonyl (C=O) groups excluding carboxylic acids is 1. The van der Waals surface area contributed by atoms with Crippen LogP contribution in [-0.2, 0) is 9.53 Å². The summed E-state index contributed by atoms with van der Waals surface area (Å²) < 4.78 is 15.1. The minimum absolute atomic E-state index is 0.0881. The molecule has 0 aliphatic carbocycles.